The molecule has 3 aliphatic heterocycles. The molecule has 0 aliphatic carbocycles. The van der Waals surface area contributed by atoms with Gasteiger partial charge in [-0.2, -0.15) is 0 Å². The summed E-state index contributed by atoms with van der Waals surface area (Å²) in [7, 11) is 0. The average molecular weight is 399 g/mol. The van der Waals surface area contributed by atoms with Gasteiger partial charge < -0.3 is 29.1 Å². The molecule has 2 atom stereocenters. The van der Waals surface area contributed by atoms with E-state index in [1.165, 1.54) is 0 Å². The van der Waals surface area contributed by atoms with Crippen molar-refractivity contribution in [3.63, 3.8) is 0 Å². The fourth-order valence-electron chi connectivity index (χ4n) is 3.95. The molecular formula is C19H27ClN2O5. The highest BCUT2D eigenvalue weighted by atomic mass is 35.5. The Labute approximate surface area is 165 Å². The molecule has 3 aliphatic rings. The molecule has 1 N–H and O–H groups in total. The summed E-state index contributed by atoms with van der Waals surface area (Å²) >= 11 is 0. The Kier molecular flexibility index (Phi) is 6.03. The standard InChI is InChI=1S/C19H26N2O5.ClH/c1-2-21-13-19(26-18(21)23)7-9-20(10-8-19)11-14(22)17-12-24-15-5-3-4-6-16(15)25-17;/h3-6,14,17,22H,2,7-13H2,1H3;1H. The van der Waals surface area contributed by atoms with Crippen molar-refractivity contribution < 1.29 is 24.1 Å². The molecular weight excluding hydrogens is 372 g/mol. The number of fused-ring (bicyclic) bond motifs is 1. The molecule has 27 heavy (non-hydrogen) atoms. The van der Waals surface area contributed by atoms with E-state index < -0.39 is 6.10 Å². The Hall–Kier alpha value is -1.70. The number of β-amino-alcohol motifs (C(OH)–C–C–N with tert-alkyl or cyclic N) is 1. The fourth-order valence-corrected chi connectivity index (χ4v) is 3.95. The maximum Gasteiger partial charge on any atom is 0.410 e. The van der Waals surface area contributed by atoms with Gasteiger partial charge in [-0.3, -0.25) is 0 Å². The lowest BCUT2D eigenvalue weighted by Gasteiger charge is -2.39. The summed E-state index contributed by atoms with van der Waals surface area (Å²) in [6.07, 6.45) is 0.392. The summed E-state index contributed by atoms with van der Waals surface area (Å²) in [5, 5.41) is 10.6. The number of piperidine rings is 1. The number of benzene rings is 1. The number of ether oxygens (including phenoxy) is 3. The van der Waals surface area contributed by atoms with Crippen LogP contribution in [0.25, 0.3) is 0 Å². The molecule has 0 radical (unpaired) electrons. The number of likely N-dealkylation sites (N-methyl/N-ethyl adjacent to an activating group) is 1. The van der Waals surface area contributed by atoms with Crippen LogP contribution in [0.1, 0.15) is 19.8 Å². The largest absolute Gasteiger partial charge is 0.486 e. The van der Waals surface area contributed by atoms with Crippen molar-refractivity contribution in [3.8, 4) is 11.5 Å². The minimum atomic E-state index is -0.629. The average Bonchev–Trinajstić information content (AvgIpc) is 2.98. The van der Waals surface area contributed by atoms with Crippen LogP contribution in [0.15, 0.2) is 24.3 Å². The third kappa shape index (κ3) is 4.10. The van der Waals surface area contributed by atoms with Gasteiger partial charge >= 0.3 is 6.09 Å². The summed E-state index contributed by atoms with van der Waals surface area (Å²) in [5.41, 5.74) is -0.349. The van der Waals surface area contributed by atoms with Crippen LogP contribution in [0.3, 0.4) is 0 Å². The molecule has 2 unspecified atom stereocenters. The maximum atomic E-state index is 11.9. The molecule has 3 heterocycles. The van der Waals surface area contributed by atoms with Crippen molar-refractivity contribution in [1.29, 1.82) is 0 Å². The van der Waals surface area contributed by atoms with Crippen molar-refractivity contribution in [2.24, 2.45) is 0 Å². The number of carbonyl (C=O) groups is 1. The van der Waals surface area contributed by atoms with Gasteiger partial charge in [0.1, 0.15) is 18.3 Å². The van der Waals surface area contributed by atoms with Crippen LogP contribution >= 0.6 is 12.4 Å². The van der Waals surface area contributed by atoms with Crippen LogP contribution in [0.4, 0.5) is 4.79 Å². The number of rotatable bonds is 4. The van der Waals surface area contributed by atoms with E-state index in [1.807, 2.05) is 31.2 Å². The van der Waals surface area contributed by atoms with Gasteiger partial charge in [0.25, 0.3) is 0 Å². The summed E-state index contributed by atoms with van der Waals surface area (Å²) < 4.78 is 17.2. The van der Waals surface area contributed by atoms with Gasteiger partial charge in [0.2, 0.25) is 0 Å². The lowest BCUT2D eigenvalue weighted by Crippen LogP contribution is -2.51. The minimum absolute atomic E-state index is 0. The van der Waals surface area contributed by atoms with Crippen molar-refractivity contribution in [3.05, 3.63) is 24.3 Å². The van der Waals surface area contributed by atoms with Crippen LogP contribution in [-0.4, -0.2) is 78.1 Å². The third-order valence-electron chi connectivity index (χ3n) is 5.60. The van der Waals surface area contributed by atoms with Crippen LogP contribution in [-0.2, 0) is 4.74 Å². The Morgan fingerprint density at radius 2 is 1.96 bits per heavy atom. The summed E-state index contributed by atoms with van der Waals surface area (Å²) in [5.74, 6) is 1.40. The lowest BCUT2D eigenvalue weighted by atomic mass is 9.91. The van der Waals surface area contributed by atoms with E-state index in [4.69, 9.17) is 14.2 Å². The van der Waals surface area contributed by atoms with E-state index in [0.717, 1.165) is 31.7 Å². The predicted molar refractivity (Wildman–Crippen MR) is 102 cm³/mol. The molecule has 7 nitrogen and oxygen atoms in total. The van der Waals surface area contributed by atoms with Gasteiger partial charge in [0.15, 0.2) is 17.6 Å². The Balaban J connectivity index is 0.00000210. The number of amides is 1. The first kappa shape index (κ1) is 20.0. The highest BCUT2D eigenvalue weighted by molar-refractivity contribution is 5.85. The zero-order chi connectivity index (χ0) is 18.1. The van der Waals surface area contributed by atoms with Gasteiger partial charge in [-0.15, -0.1) is 12.4 Å². The topological polar surface area (TPSA) is 71.5 Å². The van der Waals surface area contributed by atoms with Gasteiger partial charge in [0, 0.05) is 39.0 Å². The Bertz CT molecular complexity index is 665. The van der Waals surface area contributed by atoms with Gasteiger partial charge in [0.05, 0.1) is 6.54 Å². The molecule has 0 saturated carbocycles. The van der Waals surface area contributed by atoms with Crippen LogP contribution in [0, 0.1) is 0 Å². The number of nitrogens with zero attached hydrogens (tertiary/aromatic N) is 2. The minimum Gasteiger partial charge on any atom is -0.486 e. The number of aliphatic hydroxyl groups excluding tert-OH is 1. The number of hydrogen-bond acceptors (Lipinski definition) is 6. The van der Waals surface area contributed by atoms with E-state index in [0.29, 0.717) is 32.0 Å². The number of aliphatic hydroxyl groups is 1. The molecule has 1 aromatic rings. The van der Waals surface area contributed by atoms with Crippen LogP contribution < -0.4 is 9.47 Å². The number of likely N-dealkylation sites (tertiary alicyclic amines) is 1. The summed E-state index contributed by atoms with van der Waals surface area (Å²) in [6.45, 7) is 5.80. The second-order valence-corrected chi connectivity index (χ2v) is 7.35. The smallest absolute Gasteiger partial charge is 0.410 e. The first-order valence-corrected chi connectivity index (χ1v) is 9.35. The van der Waals surface area contributed by atoms with E-state index in [-0.39, 0.29) is 30.2 Å². The van der Waals surface area contributed by atoms with E-state index >= 15 is 0 Å². The highest BCUT2D eigenvalue weighted by Gasteiger charge is 2.46. The first-order chi connectivity index (χ1) is 12.6. The molecule has 1 aromatic carbocycles. The lowest BCUT2D eigenvalue weighted by molar-refractivity contribution is -0.0451. The van der Waals surface area contributed by atoms with E-state index in [9.17, 15) is 9.90 Å². The third-order valence-corrected chi connectivity index (χ3v) is 5.60. The fraction of sp³-hybridized carbons (Fsp3) is 0.632. The Morgan fingerprint density at radius 3 is 2.63 bits per heavy atom. The first-order valence-electron chi connectivity index (χ1n) is 9.35. The number of hydrogen-bond donors (Lipinski definition) is 1. The zero-order valence-electron chi connectivity index (χ0n) is 15.5. The van der Waals surface area contributed by atoms with Gasteiger partial charge in [-0.05, 0) is 19.1 Å². The predicted octanol–water partition coefficient (Wildman–Crippen LogP) is 1.92. The van der Waals surface area contributed by atoms with Crippen molar-refractivity contribution in [2.75, 3.05) is 39.3 Å². The number of para-hydroxylation sites is 2. The molecule has 2 saturated heterocycles. The van der Waals surface area contributed by atoms with E-state index in [2.05, 4.69) is 4.90 Å². The Morgan fingerprint density at radius 1 is 1.26 bits per heavy atom. The second-order valence-electron chi connectivity index (χ2n) is 7.35. The van der Waals surface area contributed by atoms with Gasteiger partial charge in [-0.1, -0.05) is 12.1 Å². The molecule has 0 bridgehead atoms. The molecule has 2 fully saturated rings. The van der Waals surface area contributed by atoms with Crippen molar-refractivity contribution >= 4 is 18.5 Å². The van der Waals surface area contributed by atoms with Crippen molar-refractivity contribution in [2.45, 2.75) is 37.6 Å². The zero-order valence-corrected chi connectivity index (χ0v) is 16.3. The molecule has 1 amide bonds. The molecule has 0 aromatic heterocycles. The quantitative estimate of drug-likeness (QED) is 0.835. The maximum absolute atomic E-state index is 11.9. The molecule has 8 heteroatoms. The van der Waals surface area contributed by atoms with Gasteiger partial charge in [-0.25, -0.2) is 4.79 Å². The SMILES string of the molecule is CCN1CC2(CCN(CC(O)C3COc4ccccc4O3)CC2)OC1=O.Cl. The molecule has 150 valence electrons. The highest BCUT2D eigenvalue weighted by Crippen LogP contribution is 2.34. The number of carbonyl (C=O) groups excluding carboxylic acids is 1. The summed E-state index contributed by atoms with van der Waals surface area (Å²) in [6, 6.07) is 7.51. The van der Waals surface area contributed by atoms with E-state index in [1.54, 1.807) is 4.90 Å². The normalized spacial score (nSPS) is 25.0. The van der Waals surface area contributed by atoms with Crippen molar-refractivity contribution in [1.82, 2.24) is 9.80 Å². The molecule has 1 spiro atoms. The van der Waals surface area contributed by atoms with Crippen LogP contribution in [0.5, 0.6) is 11.5 Å². The van der Waals surface area contributed by atoms with Crippen LogP contribution in [0.2, 0.25) is 0 Å². The molecule has 4 rings (SSSR count). The number of halogens is 1. The monoisotopic (exact) mass is 398 g/mol. The second kappa shape index (κ2) is 8.12. The summed E-state index contributed by atoms with van der Waals surface area (Å²) in [4.78, 5) is 15.8.